The van der Waals surface area contributed by atoms with Gasteiger partial charge in [0.1, 0.15) is 0 Å². The maximum atomic E-state index is 10.3. The standard InChI is InChI=1S/C11H13NO2/c1-8-2-9(10-5-14-6-10)4-11(3-8)12-7-13/h2-4,7,10H,5-6H2,1H3,(H,12,13). The average Bonchev–Trinajstić information content (AvgIpc) is 1.99. The first-order valence-electron chi connectivity index (χ1n) is 4.69. The molecule has 1 amide bonds. The maximum absolute atomic E-state index is 10.3. The molecule has 0 saturated carbocycles. The summed E-state index contributed by atoms with van der Waals surface area (Å²) in [6, 6.07) is 6.11. The van der Waals surface area contributed by atoms with Crippen molar-refractivity contribution in [1.82, 2.24) is 0 Å². The van der Waals surface area contributed by atoms with Crippen LogP contribution in [0.15, 0.2) is 18.2 Å². The molecule has 1 heterocycles. The van der Waals surface area contributed by atoms with Gasteiger partial charge < -0.3 is 10.1 Å². The van der Waals surface area contributed by atoms with Gasteiger partial charge >= 0.3 is 0 Å². The lowest BCUT2D eigenvalue weighted by molar-refractivity contribution is -0.105. The molecule has 0 unspecified atom stereocenters. The van der Waals surface area contributed by atoms with Crippen LogP contribution in [0.5, 0.6) is 0 Å². The lowest BCUT2D eigenvalue weighted by Gasteiger charge is -2.27. The molecule has 1 aromatic rings. The Morgan fingerprint density at radius 1 is 1.43 bits per heavy atom. The Morgan fingerprint density at radius 3 is 2.79 bits per heavy atom. The number of carbonyl (C=O) groups excluding carboxylic acids is 1. The molecule has 0 atom stereocenters. The molecule has 1 aliphatic rings. The van der Waals surface area contributed by atoms with Gasteiger partial charge in [-0.05, 0) is 30.2 Å². The van der Waals surface area contributed by atoms with Gasteiger partial charge in [-0.1, -0.05) is 6.07 Å². The number of ether oxygens (including phenoxy) is 1. The van der Waals surface area contributed by atoms with E-state index in [9.17, 15) is 4.79 Å². The molecule has 74 valence electrons. The van der Waals surface area contributed by atoms with Crippen LogP contribution in [0.2, 0.25) is 0 Å². The molecule has 0 radical (unpaired) electrons. The summed E-state index contributed by atoms with van der Waals surface area (Å²) in [5, 5.41) is 2.67. The summed E-state index contributed by atoms with van der Waals surface area (Å²) in [7, 11) is 0. The average molecular weight is 191 g/mol. The maximum Gasteiger partial charge on any atom is 0.211 e. The molecule has 3 nitrogen and oxygen atoms in total. The van der Waals surface area contributed by atoms with Crippen molar-refractivity contribution < 1.29 is 9.53 Å². The zero-order valence-electron chi connectivity index (χ0n) is 8.12. The minimum atomic E-state index is 0.502. The van der Waals surface area contributed by atoms with Crippen molar-refractivity contribution in [1.29, 1.82) is 0 Å². The van der Waals surface area contributed by atoms with Gasteiger partial charge in [-0.3, -0.25) is 4.79 Å². The van der Waals surface area contributed by atoms with Crippen LogP contribution in [0.4, 0.5) is 5.69 Å². The Kier molecular flexibility index (Phi) is 2.50. The quantitative estimate of drug-likeness (QED) is 0.738. The molecule has 0 aliphatic carbocycles. The third-order valence-electron chi connectivity index (χ3n) is 2.43. The van der Waals surface area contributed by atoms with Gasteiger partial charge in [-0.15, -0.1) is 0 Å². The van der Waals surface area contributed by atoms with Crippen LogP contribution in [-0.2, 0) is 9.53 Å². The second-order valence-corrected chi connectivity index (χ2v) is 3.63. The van der Waals surface area contributed by atoms with Crippen molar-refractivity contribution in [2.24, 2.45) is 0 Å². The highest BCUT2D eigenvalue weighted by molar-refractivity contribution is 5.72. The van der Waals surface area contributed by atoms with E-state index >= 15 is 0 Å². The van der Waals surface area contributed by atoms with Gasteiger partial charge in [0.2, 0.25) is 6.41 Å². The summed E-state index contributed by atoms with van der Waals surface area (Å²) in [4.78, 5) is 10.3. The van der Waals surface area contributed by atoms with Crippen molar-refractivity contribution in [3.05, 3.63) is 29.3 Å². The second-order valence-electron chi connectivity index (χ2n) is 3.63. The topological polar surface area (TPSA) is 38.3 Å². The number of anilines is 1. The van der Waals surface area contributed by atoms with Gasteiger partial charge in [0.05, 0.1) is 13.2 Å². The van der Waals surface area contributed by atoms with Crippen molar-refractivity contribution in [2.45, 2.75) is 12.8 Å². The normalized spacial score (nSPS) is 16.1. The second kappa shape index (κ2) is 3.80. The van der Waals surface area contributed by atoms with E-state index in [-0.39, 0.29) is 0 Å². The van der Waals surface area contributed by atoms with E-state index in [1.807, 2.05) is 19.1 Å². The number of benzene rings is 1. The fourth-order valence-corrected chi connectivity index (χ4v) is 1.63. The summed E-state index contributed by atoms with van der Waals surface area (Å²) in [5.41, 5.74) is 3.28. The molecule has 3 heteroatoms. The summed E-state index contributed by atoms with van der Waals surface area (Å²) < 4.78 is 5.14. The van der Waals surface area contributed by atoms with Crippen LogP contribution in [0.3, 0.4) is 0 Å². The number of carbonyl (C=O) groups is 1. The van der Waals surface area contributed by atoms with Gasteiger partial charge in [-0.25, -0.2) is 0 Å². The molecule has 1 saturated heterocycles. The molecule has 14 heavy (non-hydrogen) atoms. The lowest BCUT2D eigenvalue weighted by Crippen LogP contribution is -2.25. The predicted molar refractivity (Wildman–Crippen MR) is 54.4 cm³/mol. The summed E-state index contributed by atoms with van der Waals surface area (Å²) in [5.74, 6) is 0.502. The van der Waals surface area contributed by atoms with Crippen LogP contribution in [0, 0.1) is 6.92 Å². The first-order chi connectivity index (χ1) is 6.79. The number of hydrogen-bond acceptors (Lipinski definition) is 2. The Hall–Kier alpha value is -1.35. The van der Waals surface area contributed by atoms with E-state index in [4.69, 9.17) is 4.74 Å². The fraction of sp³-hybridized carbons (Fsp3) is 0.364. The van der Waals surface area contributed by atoms with E-state index in [0.717, 1.165) is 18.9 Å². The van der Waals surface area contributed by atoms with Gasteiger partial charge in [0, 0.05) is 11.6 Å². The van der Waals surface area contributed by atoms with E-state index in [2.05, 4.69) is 11.4 Å². The highest BCUT2D eigenvalue weighted by Crippen LogP contribution is 2.27. The minimum absolute atomic E-state index is 0.502. The van der Waals surface area contributed by atoms with E-state index in [1.165, 1.54) is 11.1 Å². The third kappa shape index (κ3) is 1.77. The molecule has 1 fully saturated rings. The molecule has 0 bridgehead atoms. The first kappa shape index (κ1) is 9.21. The monoisotopic (exact) mass is 191 g/mol. The van der Waals surface area contributed by atoms with Crippen molar-refractivity contribution in [3.63, 3.8) is 0 Å². The summed E-state index contributed by atoms with van der Waals surface area (Å²) in [6.07, 6.45) is 0.704. The van der Waals surface area contributed by atoms with Gasteiger partial charge in [0.25, 0.3) is 0 Å². The van der Waals surface area contributed by atoms with Crippen LogP contribution in [0.25, 0.3) is 0 Å². The molecule has 0 spiro atoms. The number of hydrogen-bond donors (Lipinski definition) is 1. The van der Waals surface area contributed by atoms with Crippen LogP contribution in [-0.4, -0.2) is 19.6 Å². The molecule has 1 aliphatic heterocycles. The van der Waals surface area contributed by atoms with Crippen LogP contribution in [0.1, 0.15) is 17.0 Å². The largest absolute Gasteiger partial charge is 0.380 e. The molecule has 1 N–H and O–H groups in total. The fourth-order valence-electron chi connectivity index (χ4n) is 1.63. The van der Waals surface area contributed by atoms with E-state index in [0.29, 0.717) is 12.3 Å². The molecule has 0 aromatic heterocycles. The van der Waals surface area contributed by atoms with Crippen molar-refractivity contribution >= 4 is 12.1 Å². The molecular formula is C11H13NO2. The Labute approximate surface area is 83.1 Å². The number of rotatable bonds is 3. The number of nitrogens with one attached hydrogen (secondary N) is 1. The molecular weight excluding hydrogens is 178 g/mol. The van der Waals surface area contributed by atoms with Crippen molar-refractivity contribution in [3.8, 4) is 0 Å². The van der Waals surface area contributed by atoms with Gasteiger partial charge in [-0.2, -0.15) is 0 Å². The molecule has 2 rings (SSSR count). The summed E-state index contributed by atoms with van der Waals surface area (Å²) in [6.45, 7) is 3.62. The van der Waals surface area contributed by atoms with Crippen molar-refractivity contribution in [2.75, 3.05) is 18.5 Å². The highest BCUT2D eigenvalue weighted by atomic mass is 16.5. The minimum Gasteiger partial charge on any atom is -0.380 e. The Balaban J connectivity index is 2.25. The summed E-state index contributed by atoms with van der Waals surface area (Å²) >= 11 is 0. The first-order valence-corrected chi connectivity index (χ1v) is 4.69. The van der Waals surface area contributed by atoms with E-state index in [1.54, 1.807) is 0 Å². The lowest BCUT2D eigenvalue weighted by atomic mass is 9.95. The number of amides is 1. The Morgan fingerprint density at radius 2 is 2.21 bits per heavy atom. The Bertz CT molecular complexity index is 345. The van der Waals surface area contributed by atoms with E-state index < -0.39 is 0 Å². The zero-order chi connectivity index (χ0) is 9.97. The predicted octanol–water partition coefficient (Wildman–Crippen LogP) is 1.68. The van der Waals surface area contributed by atoms with Crippen LogP contribution < -0.4 is 5.32 Å². The highest BCUT2D eigenvalue weighted by Gasteiger charge is 2.20. The van der Waals surface area contributed by atoms with Crippen LogP contribution >= 0.6 is 0 Å². The molecule has 1 aromatic carbocycles. The SMILES string of the molecule is Cc1cc(NC=O)cc(C2COC2)c1. The third-order valence-corrected chi connectivity index (χ3v) is 2.43. The smallest absolute Gasteiger partial charge is 0.211 e. The zero-order valence-corrected chi connectivity index (χ0v) is 8.12. The number of aryl methyl sites for hydroxylation is 1. The van der Waals surface area contributed by atoms with Gasteiger partial charge in [0.15, 0.2) is 0 Å².